The number of nitrogens with one attached hydrogen (secondary N) is 1. The van der Waals surface area contributed by atoms with Gasteiger partial charge in [-0.3, -0.25) is 29.9 Å². The van der Waals surface area contributed by atoms with Gasteiger partial charge < -0.3 is 4.74 Å². The van der Waals surface area contributed by atoms with E-state index in [1.165, 1.54) is 23.1 Å². The maximum Gasteiger partial charge on any atom is 0.270 e. The number of halogens is 1. The van der Waals surface area contributed by atoms with Crippen molar-refractivity contribution in [2.24, 2.45) is 0 Å². The first kappa shape index (κ1) is 23.1. The maximum atomic E-state index is 13.0. The lowest BCUT2D eigenvalue weighted by molar-refractivity contribution is -0.384. The van der Waals surface area contributed by atoms with E-state index in [0.29, 0.717) is 22.0 Å². The normalized spacial score (nSPS) is 14.8. The van der Waals surface area contributed by atoms with E-state index in [-0.39, 0.29) is 23.0 Å². The second kappa shape index (κ2) is 9.82. The fourth-order valence-corrected chi connectivity index (χ4v) is 3.60. The molecule has 1 N–H and O–H groups in total. The number of rotatable bonds is 6. The van der Waals surface area contributed by atoms with E-state index in [1.54, 1.807) is 60.7 Å². The smallest absolute Gasteiger partial charge is 0.270 e. The molecule has 0 atom stereocenters. The molecule has 2 amide bonds. The fourth-order valence-electron chi connectivity index (χ4n) is 3.19. The molecule has 1 heterocycles. The summed E-state index contributed by atoms with van der Waals surface area (Å²) in [5.41, 5.74) is 1.82. The summed E-state index contributed by atoms with van der Waals surface area (Å²) in [6.45, 7) is 0.229. The van der Waals surface area contributed by atoms with Crippen molar-refractivity contribution in [3.8, 4) is 5.75 Å². The molecule has 1 fully saturated rings. The van der Waals surface area contributed by atoms with Crippen molar-refractivity contribution in [3.63, 3.8) is 0 Å². The minimum atomic E-state index is -0.585. The Morgan fingerprint density at radius 1 is 1.00 bits per heavy atom. The number of ether oxygens (including phenoxy) is 1. The van der Waals surface area contributed by atoms with Crippen LogP contribution in [0.5, 0.6) is 5.75 Å². The molecule has 8 nitrogen and oxygen atoms in total. The van der Waals surface area contributed by atoms with Crippen LogP contribution in [0.25, 0.3) is 6.08 Å². The van der Waals surface area contributed by atoms with Crippen LogP contribution >= 0.6 is 23.8 Å². The van der Waals surface area contributed by atoms with Gasteiger partial charge in [-0.2, -0.15) is 0 Å². The van der Waals surface area contributed by atoms with Crippen molar-refractivity contribution in [3.05, 3.63) is 105 Å². The molecule has 3 aromatic carbocycles. The zero-order valence-electron chi connectivity index (χ0n) is 17.4. The lowest BCUT2D eigenvalue weighted by Crippen LogP contribution is -2.54. The molecule has 34 heavy (non-hydrogen) atoms. The fraction of sp³-hybridized carbons (Fsp3) is 0.0417. The molecule has 0 aromatic heterocycles. The molecular weight excluding hydrogens is 478 g/mol. The molecule has 170 valence electrons. The van der Waals surface area contributed by atoms with Crippen molar-refractivity contribution < 1.29 is 19.2 Å². The summed E-state index contributed by atoms with van der Waals surface area (Å²) in [6.07, 6.45) is 1.47. The molecule has 1 aliphatic rings. The Bertz CT molecular complexity index is 1310. The number of thiocarbonyl (C=S) groups is 1. The van der Waals surface area contributed by atoms with Gasteiger partial charge in [-0.25, -0.2) is 0 Å². The minimum Gasteiger partial charge on any atom is -0.489 e. The van der Waals surface area contributed by atoms with E-state index in [4.69, 9.17) is 28.6 Å². The van der Waals surface area contributed by atoms with E-state index < -0.39 is 16.7 Å². The average Bonchev–Trinajstić information content (AvgIpc) is 2.82. The molecule has 0 aliphatic carbocycles. The number of nitrogens with zero attached hydrogens (tertiary/aromatic N) is 2. The lowest BCUT2D eigenvalue weighted by Gasteiger charge is -2.28. The Morgan fingerprint density at radius 2 is 1.65 bits per heavy atom. The lowest BCUT2D eigenvalue weighted by atomic mass is 10.1. The molecule has 10 heteroatoms. The molecule has 0 spiro atoms. The summed E-state index contributed by atoms with van der Waals surface area (Å²) in [4.78, 5) is 37.0. The standard InChI is InChI=1S/C24H16ClN3O5S/c25-17-5-9-18(10-6-17)27-23(30)21(22(29)26-24(27)34)13-15-3-11-20(12-4-15)33-14-16-1-7-19(8-2-16)28(31)32/h1-13H,14H2,(H,26,29,34). The van der Waals surface area contributed by atoms with E-state index in [2.05, 4.69) is 5.32 Å². The Hall–Kier alpha value is -4.08. The summed E-state index contributed by atoms with van der Waals surface area (Å²) in [5, 5.41) is 13.8. The third kappa shape index (κ3) is 5.11. The van der Waals surface area contributed by atoms with Crippen LogP contribution in [-0.2, 0) is 16.2 Å². The molecule has 3 aromatic rings. The van der Waals surface area contributed by atoms with Gasteiger partial charge in [0.25, 0.3) is 17.5 Å². The second-order valence-electron chi connectivity index (χ2n) is 7.22. The molecule has 0 bridgehead atoms. The number of nitro groups is 1. The largest absolute Gasteiger partial charge is 0.489 e. The number of hydrogen-bond donors (Lipinski definition) is 1. The van der Waals surface area contributed by atoms with Crippen LogP contribution in [0.4, 0.5) is 11.4 Å². The van der Waals surface area contributed by atoms with Crippen LogP contribution in [0, 0.1) is 10.1 Å². The van der Waals surface area contributed by atoms with Gasteiger partial charge >= 0.3 is 0 Å². The zero-order chi connectivity index (χ0) is 24.2. The van der Waals surface area contributed by atoms with Gasteiger partial charge in [0.2, 0.25) is 0 Å². The highest BCUT2D eigenvalue weighted by Gasteiger charge is 2.34. The Morgan fingerprint density at radius 3 is 2.26 bits per heavy atom. The molecular formula is C24H16ClN3O5S. The Kier molecular flexibility index (Phi) is 6.67. The van der Waals surface area contributed by atoms with Crippen LogP contribution in [-0.4, -0.2) is 21.9 Å². The highest BCUT2D eigenvalue weighted by Crippen LogP contribution is 2.24. The molecule has 1 aliphatic heterocycles. The first-order valence-electron chi connectivity index (χ1n) is 9.95. The van der Waals surface area contributed by atoms with Gasteiger partial charge in [0, 0.05) is 17.2 Å². The van der Waals surface area contributed by atoms with Gasteiger partial charge in [-0.1, -0.05) is 23.7 Å². The van der Waals surface area contributed by atoms with E-state index >= 15 is 0 Å². The molecule has 1 saturated heterocycles. The third-order valence-electron chi connectivity index (χ3n) is 4.93. The number of nitro benzene ring substituents is 1. The molecule has 0 unspecified atom stereocenters. The highest BCUT2D eigenvalue weighted by atomic mass is 35.5. The van der Waals surface area contributed by atoms with Crippen LogP contribution in [0.15, 0.2) is 78.4 Å². The number of carbonyl (C=O) groups excluding carboxylic acids is 2. The summed E-state index contributed by atoms with van der Waals surface area (Å²) < 4.78 is 5.71. The van der Waals surface area contributed by atoms with Crippen LogP contribution < -0.4 is 15.0 Å². The number of hydrogen-bond acceptors (Lipinski definition) is 6. The topological polar surface area (TPSA) is 102 Å². The van der Waals surface area contributed by atoms with Crippen LogP contribution in [0.1, 0.15) is 11.1 Å². The van der Waals surface area contributed by atoms with E-state index in [0.717, 1.165) is 5.56 Å². The van der Waals surface area contributed by atoms with Crippen molar-refractivity contribution in [2.45, 2.75) is 6.61 Å². The number of amides is 2. The van der Waals surface area contributed by atoms with Crippen molar-refractivity contribution in [1.29, 1.82) is 0 Å². The Balaban J connectivity index is 1.47. The second-order valence-corrected chi connectivity index (χ2v) is 8.04. The summed E-state index contributed by atoms with van der Waals surface area (Å²) in [7, 11) is 0. The molecule has 0 saturated carbocycles. The van der Waals surface area contributed by atoms with Gasteiger partial charge in [0.1, 0.15) is 17.9 Å². The van der Waals surface area contributed by atoms with Crippen molar-refractivity contribution in [1.82, 2.24) is 5.32 Å². The number of anilines is 1. The maximum absolute atomic E-state index is 13.0. The molecule has 0 radical (unpaired) electrons. The number of non-ortho nitro benzene ring substituents is 1. The third-order valence-corrected chi connectivity index (χ3v) is 5.47. The first-order chi connectivity index (χ1) is 16.3. The SMILES string of the molecule is O=C1NC(=S)N(c2ccc(Cl)cc2)C(=O)C1=Cc1ccc(OCc2ccc([N+](=O)[O-])cc2)cc1. The van der Waals surface area contributed by atoms with Crippen LogP contribution in [0.2, 0.25) is 5.02 Å². The number of carbonyl (C=O) groups is 2. The van der Waals surface area contributed by atoms with Gasteiger partial charge in [0.15, 0.2) is 5.11 Å². The predicted octanol–water partition coefficient (Wildman–Crippen LogP) is 4.66. The minimum absolute atomic E-state index is 0.00976. The number of benzene rings is 3. The van der Waals surface area contributed by atoms with Gasteiger partial charge in [-0.05, 0) is 78.0 Å². The van der Waals surface area contributed by atoms with Gasteiger partial charge in [0.05, 0.1) is 10.6 Å². The summed E-state index contributed by atoms with van der Waals surface area (Å²) in [6, 6.07) is 19.4. The quantitative estimate of drug-likeness (QED) is 0.176. The zero-order valence-corrected chi connectivity index (χ0v) is 19.0. The first-order valence-corrected chi connectivity index (χ1v) is 10.7. The molecule has 4 rings (SSSR count). The van der Waals surface area contributed by atoms with Crippen LogP contribution in [0.3, 0.4) is 0 Å². The van der Waals surface area contributed by atoms with E-state index in [9.17, 15) is 19.7 Å². The monoisotopic (exact) mass is 493 g/mol. The van der Waals surface area contributed by atoms with Crippen molar-refractivity contribution >= 4 is 58.2 Å². The summed E-state index contributed by atoms with van der Waals surface area (Å²) in [5.74, 6) is -0.572. The average molecular weight is 494 g/mol. The van der Waals surface area contributed by atoms with Crippen molar-refractivity contribution in [2.75, 3.05) is 4.90 Å². The van der Waals surface area contributed by atoms with E-state index in [1.807, 2.05) is 0 Å². The van der Waals surface area contributed by atoms with Gasteiger partial charge in [-0.15, -0.1) is 0 Å². The predicted molar refractivity (Wildman–Crippen MR) is 132 cm³/mol. The highest BCUT2D eigenvalue weighted by molar-refractivity contribution is 7.80. The Labute approximate surface area is 204 Å². The summed E-state index contributed by atoms with van der Waals surface area (Å²) >= 11 is 11.1.